The van der Waals surface area contributed by atoms with Crippen molar-refractivity contribution in [2.45, 2.75) is 236 Å². The molecule has 0 spiro atoms. The van der Waals surface area contributed by atoms with Gasteiger partial charge in [0.2, 0.25) is 5.91 Å². The first-order valence-electron chi connectivity index (χ1n) is 21.3. The second kappa shape index (κ2) is 31.3. The summed E-state index contributed by atoms with van der Waals surface area (Å²) in [5, 5.41) is 75.4. The van der Waals surface area contributed by atoms with Crippen LogP contribution in [0, 0.1) is 5.92 Å². The minimum Gasteiger partial charge on any atom is -0.394 e. The number of unbranched alkanes of at least 4 members (excludes halogenated alkanes) is 20. The summed E-state index contributed by atoms with van der Waals surface area (Å²) in [6.45, 7) is 5.71. The maximum Gasteiger partial charge on any atom is 0.249 e. The van der Waals surface area contributed by atoms with Crippen LogP contribution in [0.25, 0.3) is 0 Å². The standard InChI is InChI=1S/C41H81NO10/c1-4-5-6-7-8-9-10-11-12-15-19-22-25-28-34(45)40(50)42-32(30-51-41-39(49)38(48)37(47)35(29-43)52-41)36(46)33(44)27-24-21-18-16-13-14-17-20-23-26-31(2)3/h31-39,41,43-49H,4-30H2,1-3H3,(H,42,50). The van der Waals surface area contributed by atoms with E-state index in [-0.39, 0.29) is 6.42 Å². The van der Waals surface area contributed by atoms with Gasteiger partial charge in [-0.2, -0.15) is 0 Å². The second-order valence-corrected chi connectivity index (χ2v) is 15.9. The van der Waals surface area contributed by atoms with E-state index in [1.165, 1.54) is 96.3 Å². The smallest absolute Gasteiger partial charge is 0.249 e. The molecule has 1 saturated heterocycles. The SMILES string of the molecule is CCCCCCCCCCCCCCCC(O)C(=O)NC(COC1OC(CO)C(O)C(O)C1O)C(O)C(O)CCCCCCCCCCCC(C)C. The van der Waals surface area contributed by atoms with E-state index in [1.807, 2.05) is 0 Å². The highest BCUT2D eigenvalue weighted by Gasteiger charge is 2.44. The van der Waals surface area contributed by atoms with Gasteiger partial charge < -0.3 is 50.5 Å². The number of rotatable bonds is 34. The number of carbonyl (C=O) groups excluding carboxylic acids is 1. The number of amides is 1. The molecule has 0 aromatic carbocycles. The van der Waals surface area contributed by atoms with Crippen LogP contribution in [0.2, 0.25) is 0 Å². The van der Waals surface area contributed by atoms with Crippen LogP contribution in [-0.4, -0.2) is 110 Å². The molecule has 0 aromatic heterocycles. The molecule has 310 valence electrons. The van der Waals surface area contributed by atoms with Gasteiger partial charge in [0.1, 0.15) is 36.6 Å². The van der Waals surface area contributed by atoms with E-state index in [9.17, 15) is 40.5 Å². The molecule has 11 heteroatoms. The minimum absolute atomic E-state index is 0.264. The van der Waals surface area contributed by atoms with Gasteiger partial charge in [-0.05, 0) is 18.8 Å². The third-order valence-electron chi connectivity index (χ3n) is 10.6. The molecule has 0 aromatic rings. The predicted octanol–water partition coefficient (Wildman–Crippen LogP) is 5.80. The number of carbonyl (C=O) groups is 1. The first-order chi connectivity index (χ1) is 25.0. The number of aliphatic hydroxyl groups excluding tert-OH is 7. The predicted molar refractivity (Wildman–Crippen MR) is 206 cm³/mol. The van der Waals surface area contributed by atoms with Crippen molar-refractivity contribution in [1.29, 1.82) is 0 Å². The fourth-order valence-electron chi connectivity index (χ4n) is 6.98. The molecular formula is C41H81NO10. The summed E-state index contributed by atoms with van der Waals surface area (Å²) >= 11 is 0. The summed E-state index contributed by atoms with van der Waals surface area (Å²) in [4.78, 5) is 13.0. The van der Waals surface area contributed by atoms with Crippen molar-refractivity contribution >= 4 is 5.91 Å². The molecule has 1 aliphatic rings. The number of ether oxygens (including phenoxy) is 2. The van der Waals surface area contributed by atoms with Crippen molar-refractivity contribution in [1.82, 2.24) is 5.32 Å². The Morgan fingerprint density at radius 2 is 1.08 bits per heavy atom. The van der Waals surface area contributed by atoms with Gasteiger partial charge in [0.05, 0.1) is 25.4 Å². The molecular weight excluding hydrogens is 666 g/mol. The minimum atomic E-state index is -1.66. The van der Waals surface area contributed by atoms with Crippen LogP contribution in [0.5, 0.6) is 0 Å². The normalized spacial score (nSPS) is 23.1. The maximum atomic E-state index is 13.0. The van der Waals surface area contributed by atoms with Gasteiger partial charge in [-0.3, -0.25) is 4.79 Å². The second-order valence-electron chi connectivity index (χ2n) is 15.9. The van der Waals surface area contributed by atoms with E-state index in [1.54, 1.807) is 0 Å². The summed E-state index contributed by atoms with van der Waals surface area (Å²) in [7, 11) is 0. The molecule has 0 radical (unpaired) electrons. The van der Waals surface area contributed by atoms with Crippen LogP contribution < -0.4 is 5.32 Å². The molecule has 1 aliphatic heterocycles. The van der Waals surface area contributed by atoms with Crippen LogP contribution in [0.4, 0.5) is 0 Å². The highest BCUT2D eigenvalue weighted by Crippen LogP contribution is 2.23. The zero-order valence-electron chi connectivity index (χ0n) is 33.2. The number of hydrogen-bond acceptors (Lipinski definition) is 10. The van der Waals surface area contributed by atoms with E-state index < -0.39 is 74.2 Å². The maximum absolute atomic E-state index is 13.0. The van der Waals surface area contributed by atoms with Gasteiger partial charge in [0.25, 0.3) is 0 Å². The zero-order valence-corrected chi connectivity index (χ0v) is 33.2. The molecule has 1 heterocycles. The van der Waals surface area contributed by atoms with Gasteiger partial charge >= 0.3 is 0 Å². The lowest BCUT2D eigenvalue weighted by Crippen LogP contribution is -2.60. The van der Waals surface area contributed by atoms with E-state index in [0.717, 1.165) is 44.4 Å². The van der Waals surface area contributed by atoms with Crippen molar-refractivity contribution in [3.8, 4) is 0 Å². The Kier molecular flexibility index (Phi) is 29.6. The monoisotopic (exact) mass is 748 g/mol. The van der Waals surface area contributed by atoms with E-state index in [0.29, 0.717) is 19.3 Å². The van der Waals surface area contributed by atoms with Gasteiger partial charge in [0.15, 0.2) is 6.29 Å². The summed E-state index contributed by atoms with van der Waals surface area (Å²) in [6.07, 6.45) is 15.9. The summed E-state index contributed by atoms with van der Waals surface area (Å²) in [5.41, 5.74) is 0. The van der Waals surface area contributed by atoms with Crippen LogP contribution in [-0.2, 0) is 14.3 Å². The highest BCUT2D eigenvalue weighted by atomic mass is 16.7. The Hall–Kier alpha value is -0.890. The van der Waals surface area contributed by atoms with Gasteiger partial charge in [0, 0.05) is 0 Å². The molecule has 0 aliphatic carbocycles. The molecule has 52 heavy (non-hydrogen) atoms. The number of aliphatic hydroxyl groups is 7. The van der Waals surface area contributed by atoms with Gasteiger partial charge in [-0.25, -0.2) is 0 Å². The van der Waals surface area contributed by atoms with Gasteiger partial charge in [-0.15, -0.1) is 0 Å². The van der Waals surface area contributed by atoms with E-state index >= 15 is 0 Å². The lowest BCUT2D eigenvalue weighted by molar-refractivity contribution is -0.303. The Labute approximate surface area is 316 Å². The quantitative estimate of drug-likeness (QED) is 0.0374. The molecule has 11 nitrogen and oxygen atoms in total. The zero-order chi connectivity index (χ0) is 38.6. The van der Waals surface area contributed by atoms with Crippen molar-refractivity contribution < 1.29 is 50.0 Å². The number of hydrogen-bond donors (Lipinski definition) is 8. The van der Waals surface area contributed by atoms with Crippen LogP contribution in [0.1, 0.15) is 181 Å². The van der Waals surface area contributed by atoms with Gasteiger partial charge in [-0.1, -0.05) is 168 Å². The Morgan fingerprint density at radius 1 is 0.635 bits per heavy atom. The molecule has 1 fully saturated rings. The topological polar surface area (TPSA) is 189 Å². The van der Waals surface area contributed by atoms with Crippen LogP contribution in [0.15, 0.2) is 0 Å². The largest absolute Gasteiger partial charge is 0.394 e. The third kappa shape index (κ3) is 22.5. The molecule has 0 saturated carbocycles. The highest BCUT2D eigenvalue weighted by molar-refractivity contribution is 5.80. The molecule has 9 unspecified atom stereocenters. The average Bonchev–Trinajstić information content (AvgIpc) is 3.13. The molecule has 1 rings (SSSR count). The summed E-state index contributed by atoms with van der Waals surface area (Å²) in [5.74, 6) is 0.0672. The Bertz CT molecular complexity index is 833. The average molecular weight is 748 g/mol. The Balaban J connectivity index is 2.52. The number of nitrogens with one attached hydrogen (secondary N) is 1. The lowest BCUT2D eigenvalue weighted by Gasteiger charge is -2.40. The molecule has 9 atom stereocenters. The first kappa shape index (κ1) is 49.1. The summed E-state index contributed by atoms with van der Waals surface area (Å²) in [6, 6.07) is -1.16. The summed E-state index contributed by atoms with van der Waals surface area (Å²) < 4.78 is 11.1. The van der Waals surface area contributed by atoms with Crippen LogP contribution >= 0.6 is 0 Å². The molecule has 0 bridgehead atoms. The fourth-order valence-corrected chi connectivity index (χ4v) is 6.98. The van der Waals surface area contributed by atoms with E-state index in [4.69, 9.17) is 9.47 Å². The lowest BCUT2D eigenvalue weighted by atomic mass is 9.98. The van der Waals surface area contributed by atoms with Crippen molar-refractivity contribution in [3.63, 3.8) is 0 Å². The van der Waals surface area contributed by atoms with Crippen molar-refractivity contribution in [2.75, 3.05) is 13.2 Å². The van der Waals surface area contributed by atoms with Crippen molar-refractivity contribution in [3.05, 3.63) is 0 Å². The van der Waals surface area contributed by atoms with Crippen LogP contribution in [0.3, 0.4) is 0 Å². The first-order valence-corrected chi connectivity index (χ1v) is 21.3. The molecule has 8 N–H and O–H groups in total. The van der Waals surface area contributed by atoms with Crippen molar-refractivity contribution in [2.24, 2.45) is 5.92 Å². The fraction of sp³-hybridized carbons (Fsp3) is 0.976. The van der Waals surface area contributed by atoms with E-state index in [2.05, 4.69) is 26.1 Å². The Morgan fingerprint density at radius 3 is 1.54 bits per heavy atom. The molecule has 1 amide bonds. The third-order valence-corrected chi connectivity index (χ3v) is 10.6.